The second-order valence-electron chi connectivity index (χ2n) is 4.37. The summed E-state index contributed by atoms with van der Waals surface area (Å²) >= 11 is 6.86. The van der Waals surface area contributed by atoms with E-state index in [2.05, 4.69) is 42.2 Å². The Morgan fingerprint density at radius 1 is 1.38 bits per heavy atom. The summed E-state index contributed by atoms with van der Waals surface area (Å²) in [6.45, 7) is 2.66. The van der Waals surface area contributed by atoms with E-state index in [1.165, 1.54) is 7.11 Å². The van der Waals surface area contributed by atoms with E-state index in [9.17, 15) is 4.39 Å². The smallest absolute Gasteiger partial charge is 0.170 e. The fourth-order valence-electron chi connectivity index (χ4n) is 2.10. The number of nitrogens with zero attached hydrogens (tertiary/aromatic N) is 1. The number of ether oxygens (including phenoxy) is 1. The minimum Gasteiger partial charge on any atom is -0.494 e. The first-order chi connectivity index (χ1) is 10.1. The standard InChI is InChI=1S/C15H15Br2FN2O/c1-3-19-14(15-11(17)7-9(16)8-20-15)10-5-4-6-12(21-2)13(10)18/h4-8,14,19H,3H2,1-2H3. The highest BCUT2D eigenvalue weighted by atomic mass is 79.9. The first-order valence-electron chi connectivity index (χ1n) is 6.45. The summed E-state index contributed by atoms with van der Waals surface area (Å²) in [7, 11) is 1.46. The molecule has 1 unspecified atom stereocenters. The minimum absolute atomic E-state index is 0.226. The number of halogens is 3. The zero-order valence-electron chi connectivity index (χ0n) is 11.7. The van der Waals surface area contributed by atoms with E-state index in [0.717, 1.165) is 14.6 Å². The van der Waals surface area contributed by atoms with Crippen LogP contribution in [0.3, 0.4) is 0 Å². The van der Waals surface area contributed by atoms with Crippen LogP contribution in [0.2, 0.25) is 0 Å². The highest BCUT2D eigenvalue weighted by Gasteiger charge is 2.22. The van der Waals surface area contributed by atoms with Crippen LogP contribution in [0, 0.1) is 5.82 Å². The topological polar surface area (TPSA) is 34.1 Å². The van der Waals surface area contributed by atoms with Crippen molar-refractivity contribution in [2.45, 2.75) is 13.0 Å². The molecular weight excluding hydrogens is 403 g/mol. The quantitative estimate of drug-likeness (QED) is 0.780. The van der Waals surface area contributed by atoms with Gasteiger partial charge in [0.15, 0.2) is 11.6 Å². The maximum Gasteiger partial charge on any atom is 0.170 e. The van der Waals surface area contributed by atoms with E-state index in [1.54, 1.807) is 24.4 Å². The van der Waals surface area contributed by atoms with Gasteiger partial charge in [-0.3, -0.25) is 4.98 Å². The lowest BCUT2D eigenvalue weighted by Gasteiger charge is -2.20. The molecule has 0 aliphatic rings. The first-order valence-corrected chi connectivity index (χ1v) is 8.03. The van der Waals surface area contributed by atoms with Gasteiger partial charge in [-0.25, -0.2) is 4.39 Å². The van der Waals surface area contributed by atoms with Crippen LogP contribution in [-0.2, 0) is 0 Å². The number of rotatable bonds is 5. The van der Waals surface area contributed by atoms with Crippen molar-refractivity contribution in [3.63, 3.8) is 0 Å². The molecule has 0 radical (unpaired) electrons. The van der Waals surface area contributed by atoms with Crippen LogP contribution in [0.25, 0.3) is 0 Å². The Morgan fingerprint density at radius 3 is 2.76 bits per heavy atom. The van der Waals surface area contributed by atoms with Gasteiger partial charge in [0, 0.05) is 20.7 Å². The van der Waals surface area contributed by atoms with Crippen LogP contribution in [0.5, 0.6) is 5.75 Å². The van der Waals surface area contributed by atoms with Gasteiger partial charge in [0.05, 0.1) is 18.8 Å². The summed E-state index contributed by atoms with van der Waals surface area (Å²) in [5.74, 6) is -0.147. The van der Waals surface area contributed by atoms with Crippen molar-refractivity contribution in [2.75, 3.05) is 13.7 Å². The fraction of sp³-hybridized carbons (Fsp3) is 0.267. The highest BCUT2D eigenvalue weighted by Crippen LogP contribution is 2.32. The monoisotopic (exact) mass is 416 g/mol. The Hall–Kier alpha value is -0.980. The maximum atomic E-state index is 14.5. The molecule has 0 fully saturated rings. The van der Waals surface area contributed by atoms with Gasteiger partial charge in [0.2, 0.25) is 0 Å². The molecule has 2 aromatic rings. The van der Waals surface area contributed by atoms with E-state index in [0.29, 0.717) is 12.1 Å². The van der Waals surface area contributed by atoms with Crippen LogP contribution in [-0.4, -0.2) is 18.6 Å². The van der Waals surface area contributed by atoms with Crippen LogP contribution < -0.4 is 10.1 Å². The van der Waals surface area contributed by atoms with E-state index in [-0.39, 0.29) is 17.6 Å². The van der Waals surface area contributed by atoms with Crippen molar-refractivity contribution < 1.29 is 9.13 Å². The molecular formula is C15H15Br2FN2O. The van der Waals surface area contributed by atoms with Gasteiger partial charge < -0.3 is 10.1 Å². The number of methoxy groups -OCH3 is 1. The molecule has 21 heavy (non-hydrogen) atoms. The van der Waals surface area contributed by atoms with E-state index in [1.807, 2.05) is 13.0 Å². The Morgan fingerprint density at radius 2 is 2.14 bits per heavy atom. The number of nitrogens with one attached hydrogen (secondary N) is 1. The number of aromatic nitrogens is 1. The van der Waals surface area contributed by atoms with Gasteiger partial charge in [-0.15, -0.1) is 0 Å². The lowest BCUT2D eigenvalue weighted by Crippen LogP contribution is -2.24. The largest absolute Gasteiger partial charge is 0.494 e. The third kappa shape index (κ3) is 3.62. The molecule has 1 heterocycles. The average Bonchev–Trinajstić information content (AvgIpc) is 2.46. The molecule has 0 saturated heterocycles. The van der Waals surface area contributed by atoms with Gasteiger partial charge in [-0.05, 0) is 50.5 Å². The molecule has 2 rings (SSSR count). The second kappa shape index (κ2) is 7.33. The molecule has 112 valence electrons. The van der Waals surface area contributed by atoms with Crippen LogP contribution in [0.1, 0.15) is 24.2 Å². The normalized spacial score (nSPS) is 12.2. The number of hydrogen-bond donors (Lipinski definition) is 1. The van der Waals surface area contributed by atoms with Gasteiger partial charge in [0.25, 0.3) is 0 Å². The Labute approximate surface area is 140 Å². The Kier molecular flexibility index (Phi) is 5.72. The molecule has 0 amide bonds. The van der Waals surface area contributed by atoms with E-state index in [4.69, 9.17) is 4.74 Å². The SMILES string of the molecule is CCNC(c1cccc(OC)c1F)c1ncc(Br)cc1Br. The third-order valence-electron chi connectivity index (χ3n) is 3.04. The van der Waals surface area contributed by atoms with Gasteiger partial charge in [0.1, 0.15) is 0 Å². The van der Waals surface area contributed by atoms with E-state index >= 15 is 0 Å². The first kappa shape index (κ1) is 16.4. The zero-order valence-corrected chi connectivity index (χ0v) is 14.8. The number of benzene rings is 1. The van der Waals surface area contributed by atoms with Crippen LogP contribution >= 0.6 is 31.9 Å². The Bertz CT molecular complexity index is 637. The molecule has 6 heteroatoms. The molecule has 0 aliphatic carbocycles. The molecule has 1 aromatic heterocycles. The van der Waals surface area contributed by atoms with Crippen molar-refractivity contribution in [1.29, 1.82) is 0 Å². The van der Waals surface area contributed by atoms with Gasteiger partial charge in [-0.2, -0.15) is 0 Å². The lowest BCUT2D eigenvalue weighted by molar-refractivity contribution is 0.381. The summed E-state index contributed by atoms with van der Waals surface area (Å²) in [4.78, 5) is 4.41. The predicted octanol–water partition coefficient (Wildman–Crippen LogP) is 4.45. The van der Waals surface area contributed by atoms with Gasteiger partial charge in [-0.1, -0.05) is 19.1 Å². The molecule has 3 nitrogen and oxygen atoms in total. The number of pyridine rings is 1. The van der Waals surface area contributed by atoms with Crippen molar-refractivity contribution in [3.8, 4) is 5.75 Å². The summed E-state index contributed by atoms with van der Waals surface area (Å²) in [6, 6.07) is 6.65. The molecule has 0 aliphatic heterocycles. The second-order valence-corrected chi connectivity index (χ2v) is 6.14. The fourth-order valence-corrected chi connectivity index (χ4v) is 3.32. The van der Waals surface area contributed by atoms with Crippen molar-refractivity contribution in [1.82, 2.24) is 10.3 Å². The highest BCUT2D eigenvalue weighted by molar-refractivity contribution is 9.11. The zero-order chi connectivity index (χ0) is 15.4. The molecule has 0 bridgehead atoms. The van der Waals surface area contributed by atoms with Crippen LogP contribution in [0.15, 0.2) is 39.4 Å². The van der Waals surface area contributed by atoms with Gasteiger partial charge >= 0.3 is 0 Å². The van der Waals surface area contributed by atoms with Crippen LogP contribution in [0.4, 0.5) is 4.39 Å². The number of hydrogen-bond acceptors (Lipinski definition) is 3. The minimum atomic E-state index is -0.373. The van der Waals surface area contributed by atoms with Crippen molar-refractivity contribution in [3.05, 3.63) is 56.5 Å². The summed E-state index contributed by atoms with van der Waals surface area (Å²) in [5, 5.41) is 3.26. The van der Waals surface area contributed by atoms with E-state index < -0.39 is 0 Å². The summed E-state index contributed by atoms with van der Waals surface area (Å²) < 4.78 is 21.3. The molecule has 1 atom stereocenters. The Balaban J connectivity index is 2.53. The average molecular weight is 418 g/mol. The predicted molar refractivity (Wildman–Crippen MR) is 88.1 cm³/mol. The van der Waals surface area contributed by atoms with Crippen molar-refractivity contribution >= 4 is 31.9 Å². The summed E-state index contributed by atoms with van der Waals surface area (Å²) in [5.41, 5.74) is 1.24. The molecule has 0 spiro atoms. The molecule has 0 saturated carbocycles. The van der Waals surface area contributed by atoms with Crippen molar-refractivity contribution in [2.24, 2.45) is 0 Å². The molecule has 1 N–H and O–H groups in total. The summed E-state index contributed by atoms with van der Waals surface area (Å²) in [6.07, 6.45) is 1.70. The lowest BCUT2D eigenvalue weighted by atomic mass is 10.0. The molecule has 1 aromatic carbocycles. The third-order valence-corrected chi connectivity index (χ3v) is 4.11. The maximum absolute atomic E-state index is 14.5.